The summed E-state index contributed by atoms with van der Waals surface area (Å²) in [6, 6.07) is 0. The number of hydrogen-bond acceptors (Lipinski definition) is 1. The Morgan fingerprint density at radius 3 is 2.50 bits per heavy atom. The molecule has 1 atom stereocenters. The number of allylic oxidation sites excluding steroid dienone is 3. The SMILES string of the molecule is CCC=CC=CC(O)CC. The van der Waals surface area contributed by atoms with Crippen molar-refractivity contribution in [2.45, 2.75) is 32.8 Å². The first-order valence-electron chi connectivity index (χ1n) is 3.82. The molecule has 0 heterocycles. The minimum absolute atomic E-state index is 0.276. The molecule has 1 heteroatoms. The van der Waals surface area contributed by atoms with Gasteiger partial charge in [-0.05, 0) is 12.8 Å². The minimum Gasteiger partial charge on any atom is -0.389 e. The van der Waals surface area contributed by atoms with Gasteiger partial charge in [-0.2, -0.15) is 0 Å². The van der Waals surface area contributed by atoms with Crippen molar-refractivity contribution in [2.24, 2.45) is 0 Å². The molecule has 1 nitrogen and oxygen atoms in total. The second-order valence-corrected chi connectivity index (χ2v) is 2.20. The summed E-state index contributed by atoms with van der Waals surface area (Å²) in [6.07, 6.45) is 9.26. The predicted molar refractivity (Wildman–Crippen MR) is 44.9 cm³/mol. The molecule has 0 saturated heterocycles. The van der Waals surface area contributed by atoms with Gasteiger partial charge in [-0.1, -0.05) is 38.2 Å². The third-order valence-corrected chi connectivity index (χ3v) is 1.23. The van der Waals surface area contributed by atoms with E-state index in [2.05, 4.69) is 13.0 Å². The zero-order chi connectivity index (χ0) is 7.82. The highest BCUT2D eigenvalue weighted by Crippen LogP contribution is 1.91. The molecule has 0 aromatic heterocycles. The summed E-state index contributed by atoms with van der Waals surface area (Å²) in [4.78, 5) is 0. The Hall–Kier alpha value is -0.560. The number of rotatable bonds is 4. The van der Waals surface area contributed by atoms with Crippen LogP contribution >= 0.6 is 0 Å². The fourth-order valence-corrected chi connectivity index (χ4v) is 0.543. The second-order valence-electron chi connectivity index (χ2n) is 2.20. The van der Waals surface area contributed by atoms with E-state index in [0.717, 1.165) is 12.8 Å². The maximum absolute atomic E-state index is 9.04. The van der Waals surface area contributed by atoms with Gasteiger partial charge < -0.3 is 5.11 Å². The summed E-state index contributed by atoms with van der Waals surface area (Å²) < 4.78 is 0. The van der Waals surface area contributed by atoms with E-state index in [9.17, 15) is 0 Å². The van der Waals surface area contributed by atoms with Crippen molar-refractivity contribution >= 4 is 0 Å². The first-order chi connectivity index (χ1) is 4.81. The molecule has 0 amide bonds. The first kappa shape index (κ1) is 9.44. The van der Waals surface area contributed by atoms with E-state index in [-0.39, 0.29) is 6.10 Å². The summed E-state index contributed by atoms with van der Waals surface area (Å²) in [5.41, 5.74) is 0. The van der Waals surface area contributed by atoms with Gasteiger partial charge >= 0.3 is 0 Å². The van der Waals surface area contributed by atoms with Gasteiger partial charge in [0.05, 0.1) is 6.10 Å². The molecule has 0 aromatic rings. The zero-order valence-corrected chi connectivity index (χ0v) is 6.75. The average Bonchev–Trinajstić information content (AvgIpc) is 1.98. The lowest BCUT2D eigenvalue weighted by Gasteiger charge is -1.95. The highest BCUT2D eigenvalue weighted by molar-refractivity contribution is 5.04. The van der Waals surface area contributed by atoms with E-state index in [0.29, 0.717) is 0 Å². The molecule has 0 aromatic carbocycles. The van der Waals surface area contributed by atoms with Crippen LogP contribution < -0.4 is 0 Å². The van der Waals surface area contributed by atoms with Crippen molar-refractivity contribution in [1.82, 2.24) is 0 Å². The van der Waals surface area contributed by atoms with Crippen LogP contribution in [-0.4, -0.2) is 11.2 Å². The molecule has 10 heavy (non-hydrogen) atoms. The molecule has 0 fully saturated rings. The van der Waals surface area contributed by atoms with Crippen LogP contribution in [0, 0.1) is 0 Å². The Morgan fingerprint density at radius 2 is 2.00 bits per heavy atom. The first-order valence-corrected chi connectivity index (χ1v) is 3.82. The topological polar surface area (TPSA) is 20.2 Å². The Balaban J connectivity index is 3.44. The Kier molecular flexibility index (Phi) is 6.19. The standard InChI is InChI=1S/C9H16O/c1-3-5-6-7-8-9(10)4-2/h5-10H,3-4H2,1-2H3. The van der Waals surface area contributed by atoms with E-state index >= 15 is 0 Å². The van der Waals surface area contributed by atoms with Crippen LogP contribution in [0.1, 0.15) is 26.7 Å². The van der Waals surface area contributed by atoms with E-state index in [1.165, 1.54) is 0 Å². The lowest BCUT2D eigenvalue weighted by molar-refractivity contribution is 0.219. The molecule has 0 saturated carbocycles. The van der Waals surface area contributed by atoms with E-state index in [1.807, 2.05) is 19.1 Å². The smallest absolute Gasteiger partial charge is 0.0721 e. The van der Waals surface area contributed by atoms with Crippen molar-refractivity contribution in [3.63, 3.8) is 0 Å². The lowest BCUT2D eigenvalue weighted by atomic mass is 10.2. The summed E-state index contributed by atoms with van der Waals surface area (Å²) in [6.45, 7) is 4.04. The van der Waals surface area contributed by atoms with Gasteiger partial charge in [0.1, 0.15) is 0 Å². The molecule has 0 spiro atoms. The third-order valence-electron chi connectivity index (χ3n) is 1.23. The normalized spacial score (nSPS) is 15.1. The van der Waals surface area contributed by atoms with Crippen LogP contribution in [0.3, 0.4) is 0 Å². The van der Waals surface area contributed by atoms with Crippen molar-refractivity contribution in [2.75, 3.05) is 0 Å². The van der Waals surface area contributed by atoms with Gasteiger partial charge in [-0.15, -0.1) is 0 Å². The summed E-state index contributed by atoms with van der Waals surface area (Å²) in [5, 5.41) is 9.04. The fourth-order valence-electron chi connectivity index (χ4n) is 0.543. The molecular weight excluding hydrogens is 124 g/mol. The van der Waals surface area contributed by atoms with Crippen molar-refractivity contribution < 1.29 is 5.11 Å². The molecule has 1 unspecified atom stereocenters. The van der Waals surface area contributed by atoms with E-state index < -0.39 is 0 Å². The predicted octanol–water partition coefficient (Wildman–Crippen LogP) is 2.28. The summed E-state index contributed by atoms with van der Waals surface area (Å²) in [5.74, 6) is 0. The highest BCUT2D eigenvalue weighted by atomic mass is 16.3. The summed E-state index contributed by atoms with van der Waals surface area (Å²) in [7, 11) is 0. The monoisotopic (exact) mass is 140 g/mol. The van der Waals surface area contributed by atoms with Gasteiger partial charge in [0, 0.05) is 0 Å². The van der Waals surface area contributed by atoms with Gasteiger partial charge in [0.2, 0.25) is 0 Å². The van der Waals surface area contributed by atoms with Crippen LogP contribution in [0.15, 0.2) is 24.3 Å². The third kappa shape index (κ3) is 5.57. The molecule has 0 aliphatic heterocycles. The molecular formula is C9H16O. The lowest BCUT2D eigenvalue weighted by Crippen LogP contribution is -1.97. The van der Waals surface area contributed by atoms with Crippen LogP contribution in [0.2, 0.25) is 0 Å². The Morgan fingerprint density at radius 1 is 1.30 bits per heavy atom. The number of hydrogen-bond donors (Lipinski definition) is 1. The van der Waals surface area contributed by atoms with E-state index in [1.54, 1.807) is 6.08 Å². The fraction of sp³-hybridized carbons (Fsp3) is 0.556. The molecule has 0 radical (unpaired) electrons. The van der Waals surface area contributed by atoms with Crippen LogP contribution in [0.5, 0.6) is 0 Å². The van der Waals surface area contributed by atoms with Crippen molar-refractivity contribution in [3.8, 4) is 0 Å². The maximum atomic E-state index is 9.04. The number of aliphatic hydroxyl groups excluding tert-OH is 1. The molecule has 58 valence electrons. The number of aliphatic hydroxyl groups is 1. The van der Waals surface area contributed by atoms with Gasteiger partial charge in [0.25, 0.3) is 0 Å². The summed E-state index contributed by atoms with van der Waals surface area (Å²) >= 11 is 0. The Bertz CT molecular complexity index is 114. The minimum atomic E-state index is -0.276. The molecule has 0 bridgehead atoms. The largest absolute Gasteiger partial charge is 0.389 e. The van der Waals surface area contributed by atoms with Crippen LogP contribution in [0.25, 0.3) is 0 Å². The zero-order valence-electron chi connectivity index (χ0n) is 6.75. The van der Waals surface area contributed by atoms with Gasteiger partial charge in [-0.3, -0.25) is 0 Å². The maximum Gasteiger partial charge on any atom is 0.0721 e. The van der Waals surface area contributed by atoms with Crippen molar-refractivity contribution in [3.05, 3.63) is 24.3 Å². The molecule has 0 aliphatic carbocycles. The van der Waals surface area contributed by atoms with Crippen molar-refractivity contribution in [1.29, 1.82) is 0 Å². The average molecular weight is 140 g/mol. The Labute approximate surface area is 63.1 Å². The van der Waals surface area contributed by atoms with Crippen LogP contribution in [0.4, 0.5) is 0 Å². The molecule has 0 rings (SSSR count). The second kappa shape index (κ2) is 6.56. The molecule has 0 aliphatic rings. The molecule has 1 N–H and O–H groups in total. The van der Waals surface area contributed by atoms with Crippen LogP contribution in [-0.2, 0) is 0 Å². The van der Waals surface area contributed by atoms with Gasteiger partial charge in [-0.25, -0.2) is 0 Å². The highest BCUT2D eigenvalue weighted by Gasteiger charge is 1.88. The van der Waals surface area contributed by atoms with Gasteiger partial charge in [0.15, 0.2) is 0 Å². The quantitative estimate of drug-likeness (QED) is 0.594. The van der Waals surface area contributed by atoms with E-state index in [4.69, 9.17) is 5.11 Å².